The molecule has 0 aliphatic rings. The van der Waals surface area contributed by atoms with Gasteiger partial charge < -0.3 is 0 Å². The van der Waals surface area contributed by atoms with E-state index in [0.717, 1.165) is 24.1 Å². The Labute approximate surface area is 102 Å². The van der Waals surface area contributed by atoms with Crippen LogP contribution in [0.5, 0.6) is 0 Å². The summed E-state index contributed by atoms with van der Waals surface area (Å²) in [6.45, 7) is 0. The first kappa shape index (κ1) is 11.3. The standard InChI is InChI=1S/C15H14N2/c16-12-14(13-6-2-1-3-7-13)9-10-15-8-4-5-11-17-15/h1-8,11,14H,9-10H2/t14-/m1/s1. The maximum Gasteiger partial charge on any atom is 0.0716 e. The monoisotopic (exact) mass is 222 g/mol. The highest BCUT2D eigenvalue weighted by Crippen LogP contribution is 2.20. The van der Waals surface area contributed by atoms with Gasteiger partial charge in [-0.1, -0.05) is 36.4 Å². The predicted octanol–water partition coefficient (Wildman–Crippen LogP) is 3.32. The first-order chi connectivity index (χ1) is 8.40. The largest absolute Gasteiger partial charge is 0.261 e. The van der Waals surface area contributed by atoms with Crippen molar-refractivity contribution >= 4 is 0 Å². The lowest BCUT2D eigenvalue weighted by Crippen LogP contribution is -1.99. The summed E-state index contributed by atoms with van der Waals surface area (Å²) in [6, 6.07) is 18.2. The third kappa shape index (κ3) is 3.15. The number of hydrogen-bond donors (Lipinski definition) is 0. The summed E-state index contributed by atoms with van der Waals surface area (Å²) in [6.07, 6.45) is 3.45. The molecule has 1 heterocycles. The molecule has 0 radical (unpaired) electrons. The summed E-state index contributed by atoms with van der Waals surface area (Å²) in [4.78, 5) is 4.27. The normalized spacial score (nSPS) is 11.7. The van der Waals surface area contributed by atoms with Crippen LogP contribution in [-0.2, 0) is 6.42 Å². The highest BCUT2D eigenvalue weighted by molar-refractivity contribution is 5.24. The third-order valence-electron chi connectivity index (χ3n) is 2.77. The molecule has 0 aliphatic carbocycles. The summed E-state index contributed by atoms with van der Waals surface area (Å²) in [5.74, 6) is -0.0433. The zero-order valence-corrected chi connectivity index (χ0v) is 9.58. The first-order valence-corrected chi connectivity index (χ1v) is 5.74. The summed E-state index contributed by atoms with van der Waals surface area (Å²) < 4.78 is 0. The van der Waals surface area contributed by atoms with Crippen molar-refractivity contribution in [2.24, 2.45) is 0 Å². The smallest absolute Gasteiger partial charge is 0.0716 e. The Morgan fingerprint density at radius 2 is 1.82 bits per heavy atom. The van der Waals surface area contributed by atoms with Crippen LogP contribution < -0.4 is 0 Å². The molecular weight excluding hydrogens is 208 g/mol. The molecule has 0 fully saturated rings. The van der Waals surface area contributed by atoms with Crippen LogP contribution in [0.15, 0.2) is 54.7 Å². The highest BCUT2D eigenvalue weighted by atomic mass is 14.7. The van der Waals surface area contributed by atoms with Gasteiger partial charge in [-0.05, 0) is 30.5 Å². The number of hydrogen-bond acceptors (Lipinski definition) is 2. The lowest BCUT2D eigenvalue weighted by Gasteiger charge is -2.08. The van der Waals surface area contributed by atoms with E-state index in [1.165, 1.54) is 0 Å². The van der Waals surface area contributed by atoms with E-state index in [2.05, 4.69) is 11.1 Å². The fourth-order valence-electron chi connectivity index (χ4n) is 1.83. The fraction of sp³-hybridized carbons (Fsp3) is 0.200. The molecule has 1 atom stereocenters. The van der Waals surface area contributed by atoms with Gasteiger partial charge in [0.15, 0.2) is 0 Å². The fourth-order valence-corrected chi connectivity index (χ4v) is 1.83. The van der Waals surface area contributed by atoms with E-state index in [1.807, 2.05) is 48.5 Å². The number of aryl methyl sites for hydroxylation is 1. The van der Waals surface area contributed by atoms with Crippen LogP contribution in [0.2, 0.25) is 0 Å². The molecular formula is C15H14N2. The molecule has 2 nitrogen and oxygen atoms in total. The van der Waals surface area contributed by atoms with Gasteiger partial charge in [0.1, 0.15) is 0 Å². The van der Waals surface area contributed by atoms with Gasteiger partial charge in [-0.15, -0.1) is 0 Å². The molecule has 17 heavy (non-hydrogen) atoms. The second-order valence-electron chi connectivity index (χ2n) is 3.95. The van der Waals surface area contributed by atoms with Crippen molar-refractivity contribution in [3.8, 4) is 6.07 Å². The zero-order valence-electron chi connectivity index (χ0n) is 9.58. The van der Waals surface area contributed by atoms with Crippen molar-refractivity contribution in [1.82, 2.24) is 4.98 Å². The maximum absolute atomic E-state index is 9.19. The SMILES string of the molecule is N#C[C@@H](CCc1ccccn1)c1ccccc1. The maximum atomic E-state index is 9.19. The van der Waals surface area contributed by atoms with Gasteiger partial charge in [0.25, 0.3) is 0 Å². The second kappa shape index (κ2) is 5.81. The average Bonchev–Trinajstić information content (AvgIpc) is 2.42. The van der Waals surface area contributed by atoms with E-state index in [0.29, 0.717) is 0 Å². The zero-order chi connectivity index (χ0) is 11.9. The first-order valence-electron chi connectivity index (χ1n) is 5.74. The van der Waals surface area contributed by atoms with Crippen LogP contribution in [0.25, 0.3) is 0 Å². The molecule has 1 aromatic heterocycles. The summed E-state index contributed by atoms with van der Waals surface area (Å²) in [5.41, 5.74) is 2.13. The van der Waals surface area contributed by atoms with Gasteiger partial charge in [-0.3, -0.25) is 4.98 Å². The van der Waals surface area contributed by atoms with Crippen molar-refractivity contribution in [2.75, 3.05) is 0 Å². The second-order valence-corrected chi connectivity index (χ2v) is 3.95. The van der Waals surface area contributed by atoms with E-state index in [4.69, 9.17) is 0 Å². The van der Waals surface area contributed by atoms with Crippen LogP contribution in [0.4, 0.5) is 0 Å². The van der Waals surface area contributed by atoms with Gasteiger partial charge in [-0.2, -0.15) is 5.26 Å². The van der Waals surface area contributed by atoms with Gasteiger partial charge in [0.05, 0.1) is 12.0 Å². The Hall–Kier alpha value is -2.14. The van der Waals surface area contributed by atoms with Crippen molar-refractivity contribution in [3.63, 3.8) is 0 Å². The van der Waals surface area contributed by atoms with Crippen molar-refractivity contribution in [3.05, 3.63) is 66.0 Å². The lowest BCUT2D eigenvalue weighted by atomic mass is 9.95. The summed E-state index contributed by atoms with van der Waals surface area (Å²) in [5, 5.41) is 9.19. The molecule has 84 valence electrons. The number of nitrogens with zero attached hydrogens (tertiary/aromatic N) is 2. The van der Waals surface area contributed by atoms with Crippen molar-refractivity contribution < 1.29 is 0 Å². The molecule has 2 aromatic rings. The average molecular weight is 222 g/mol. The van der Waals surface area contributed by atoms with Gasteiger partial charge >= 0.3 is 0 Å². The number of aromatic nitrogens is 1. The van der Waals surface area contributed by atoms with E-state index in [9.17, 15) is 5.26 Å². The van der Waals surface area contributed by atoms with Crippen molar-refractivity contribution in [2.45, 2.75) is 18.8 Å². The number of benzene rings is 1. The van der Waals surface area contributed by atoms with E-state index in [1.54, 1.807) is 6.20 Å². The molecule has 0 saturated heterocycles. The minimum atomic E-state index is -0.0433. The van der Waals surface area contributed by atoms with Gasteiger partial charge in [0, 0.05) is 11.9 Å². The lowest BCUT2D eigenvalue weighted by molar-refractivity contribution is 0.733. The topological polar surface area (TPSA) is 36.7 Å². The molecule has 0 amide bonds. The molecule has 1 aromatic carbocycles. The molecule has 0 N–H and O–H groups in total. The highest BCUT2D eigenvalue weighted by Gasteiger charge is 2.10. The number of rotatable bonds is 4. The minimum Gasteiger partial charge on any atom is -0.261 e. The third-order valence-corrected chi connectivity index (χ3v) is 2.77. The van der Waals surface area contributed by atoms with Gasteiger partial charge in [0.2, 0.25) is 0 Å². The molecule has 0 aliphatic heterocycles. The van der Waals surface area contributed by atoms with Crippen LogP contribution in [-0.4, -0.2) is 4.98 Å². The van der Waals surface area contributed by atoms with Crippen LogP contribution in [0.1, 0.15) is 23.6 Å². The summed E-state index contributed by atoms with van der Waals surface area (Å²) in [7, 11) is 0. The van der Waals surface area contributed by atoms with E-state index in [-0.39, 0.29) is 5.92 Å². The molecule has 0 unspecified atom stereocenters. The Morgan fingerprint density at radius 3 is 2.47 bits per heavy atom. The minimum absolute atomic E-state index is 0.0433. The molecule has 0 bridgehead atoms. The molecule has 0 saturated carbocycles. The Balaban J connectivity index is 2.01. The van der Waals surface area contributed by atoms with Gasteiger partial charge in [-0.25, -0.2) is 0 Å². The number of pyridine rings is 1. The van der Waals surface area contributed by atoms with E-state index >= 15 is 0 Å². The Bertz CT molecular complexity index is 485. The Kier molecular flexibility index (Phi) is 3.88. The predicted molar refractivity (Wildman–Crippen MR) is 67.4 cm³/mol. The van der Waals surface area contributed by atoms with Crippen LogP contribution in [0.3, 0.4) is 0 Å². The Morgan fingerprint density at radius 1 is 1.06 bits per heavy atom. The van der Waals surface area contributed by atoms with Crippen LogP contribution >= 0.6 is 0 Å². The van der Waals surface area contributed by atoms with E-state index < -0.39 is 0 Å². The summed E-state index contributed by atoms with van der Waals surface area (Å²) >= 11 is 0. The molecule has 0 spiro atoms. The number of nitriles is 1. The molecule has 2 rings (SSSR count). The van der Waals surface area contributed by atoms with Crippen LogP contribution in [0, 0.1) is 11.3 Å². The molecule has 2 heteroatoms. The quantitative estimate of drug-likeness (QED) is 0.795. The van der Waals surface area contributed by atoms with Crippen molar-refractivity contribution in [1.29, 1.82) is 5.26 Å².